The third kappa shape index (κ3) is 1.28. The molecule has 0 radical (unpaired) electrons. The smallest absolute Gasteiger partial charge is 0.312 e. The van der Waals surface area contributed by atoms with Crippen LogP contribution in [-0.4, -0.2) is 6.85 Å². The van der Waals surface area contributed by atoms with E-state index in [2.05, 4.69) is 41.2 Å². The van der Waals surface area contributed by atoms with Gasteiger partial charge in [0.1, 0.15) is 0 Å². The van der Waals surface area contributed by atoms with Crippen molar-refractivity contribution in [2.24, 2.45) is 0 Å². The number of anilines is 2. The van der Waals surface area contributed by atoms with Gasteiger partial charge in [-0.25, -0.2) is 0 Å². The number of hydrogen-bond acceptors (Lipinski definition) is 2. The molecule has 0 unspecified atom stereocenters. The van der Waals surface area contributed by atoms with Crippen LogP contribution in [-0.2, 0) is 0 Å². The summed E-state index contributed by atoms with van der Waals surface area (Å²) >= 11 is 0. The first-order chi connectivity index (χ1) is 7.34. The average molecular weight is 194 g/mol. The lowest BCUT2D eigenvalue weighted by atomic mass is 9.57. The molecule has 72 valence electrons. The molecule has 1 aromatic carbocycles. The molecular formula is C12H11BN2. The Labute approximate surface area is 89.5 Å². The Morgan fingerprint density at radius 2 is 2.07 bits per heavy atom. The summed E-state index contributed by atoms with van der Waals surface area (Å²) in [5.74, 6) is 4.36. The fourth-order valence-corrected chi connectivity index (χ4v) is 2.04. The molecule has 0 saturated heterocycles. The molecule has 0 saturated carbocycles. The second kappa shape index (κ2) is 3.06. The monoisotopic (exact) mass is 194 g/mol. The largest absolute Gasteiger partial charge is 0.399 e. The van der Waals surface area contributed by atoms with Crippen LogP contribution in [0.1, 0.15) is 5.56 Å². The number of nitrogens with zero attached hydrogens (tertiary/aromatic N) is 1. The van der Waals surface area contributed by atoms with Crippen LogP contribution in [0.25, 0.3) is 6.08 Å². The molecular weight excluding hydrogens is 183 g/mol. The van der Waals surface area contributed by atoms with E-state index in [4.69, 9.17) is 5.73 Å². The van der Waals surface area contributed by atoms with E-state index in [0.29, 0.717) is 6.85 Å². The highest BCUT2D eigenvalue weighted by Gasteiger charge is 2.23. The number of hydrogen-bond donors (Lipinski definition) is 1. The van der Waals surface area contributed by atoms with E-state index in [1.54, 1.807) is 0 Å². The number of benzene rings is 1. The molecule has 0 amide bonds. The van der Waals surface area contributed by atoms with Crippen LogP contribution < -0.4 is 10.5 Å². The zero-order valence-electron chi connectivity index (χ0n) is 8.30. The highest BCUT2D eigenvalue weighted by Crippen LogP contribution is 2.31. The minimum absolute atomic E-state index is 0.337. The second-order valence-corrected chi connectivity index (χ2v) is 3.80. The third-order valence-electron chi connectivity index (χ3n) is 2.79. The first-order valence-electron chi connectivity index (χ1n) is 5.06. The molecule has 3 heteroatoms. The lowest BCUT2D eigenvalue weighted by Crippen LogP contribution is -2.35. The normalized spacial score (nSPS) is 16.5. The predicted molar refractivity (Wildman–Crippen MR) is 66.4 cm³/mol. The maximum absolute atomic E-state index is 5.81. The Bertz CT molecular complexity index is 488. The Morgan fingerprint density at radius 3 is 3.00 bits per heavy atom. The highest BCUT2D eigenvalue weighted by molar-refractivity contribution is 6.75. The van der Waals surface area contributed by atoms with Gasteiger partial charge < -0.3 is 10.5 Å². The molecule has 15 heavy (non-hydrogen) atoms. The molecule has 0 atom stereocenters. The standard InChI is InChI=1S/C12H11BN2/c14-11-4-3-10-5-7-13-6-1-2-8-15(13)12(10)9-11/h1-9H,14H2. The summed E-state index contributed by atoms with van der Waals surface area (Å²) in [5, 5.41) is 0. The number of nitrogen functional groups attached to an aromatic ring is 1. The molecule has 2 nitrogen and oxygen atoms in total. The van der Waals surface area contributed by atoms with Crippen molar-refractivity contribution in [1.29, 1.82) is 0 Å². The molecule has 2 N–H and O–H groups in total. The molecule has 2 heterocycles. The van der Waals surface area contributed by atoms with Gasteiger partial charge in [-0.2, -0.15) is 0 Å². The Balaban J connectivity index is 2.16. The summed E-state index contributed by atoms with van der Waals surface area (Å²) in [6.45, 7) is 0.337. The molecule has 0 aromatic heterocycles. The maximum atomic E-state index is 5.81. The maximum Gasteiger partial charge on any atom is 0.312 e. The quantitative estimate of drug-likeness (QED) is 0.506. The van der Waals surface area contributed by atoms with E-state index < -0.39 is 0 Å². The third-order valence-corrected chi connectivity index (χ3v) is 2.79. The van der Waals surface area contributed by atoms with Crippen molar-refractivity contribution in [1.82, 2.24) is 0 Å². The van der Waals surface area contributed by atoms with E-state index in [1.807, 2.05) is 18.2 Å². The van der Waals surface area contributed by atoms with Crippen LogP contribution in [0.5, 0.6) is 0 Å². The first-order valence-corrected chi connectivity index (χ1v) is 5.06. The van der Waals surface area contributed by atoms with Crippen LogP contribution in [0.2, 0.25) is 0 Å². The van der Waals surface area contributed by atoms with Crippen molar-refractivity contribution >= 4 is 24.3 Å². The molecule has 1 aromatic rings. The summed E-state index contributed by atoms with van der Waals surface area (Å²) < 4.78 is 0. The molecule has 3 rings (SSSR count). The Morgan fingerprint density at radius 1 is 1.13 bits per heavy atom. The van der Waals surface area contributed by atoms with Crippen LogP contribution in [0, 0.1) is 0 Å². The minimum atomic E-state index is 0.337. The van der Waals surface area contributed by atoms with Gasteiger partial charge in [-0.1, -0.05) is 30.2 Å². The van der Waals surface area contributed by atoms with E-state index in [0.717, 1.165) is 5.69 Å². The number of rotatable bonds is 0. The van der Waals surface area contributed by atoms with Gasteiger partial charge in [-0.15, -0.1) is 0 Å². The fourth-order valence-electron chi connectivity index (χ4n) is 2.04. The van der Waals surface area contributed by atoms with Gasteiger partial charge >= 0.3 is 6.85 Å². The molecule has 2 aliphatic heterocycles. The van der Waals surface area contributed by atoms with Crippen LogP contribution in [0.15, 0.2) is 48.5 Å². The molecule has 0 fully saturated rings. The first kappa shape index (κ1) is 8.42. The van der Waals surface area contributed by atoms with Crippen LogP contribution >= 0.6 is 0 Å². The van der Waals surface area contributed by atoms with Crippen molar-refractivity contribution < 1.29 is 0 Å². The Hall–Kier alpha value is -1.90. The van der Waals surface area contributed by atoms with Gasteiger partial charge in [0.2, 0.25) is 0 Å². The lowest BCUT2D eigenvalue weighted by Gasteiger charge is -2.31. The number of nitrogens with two attached hydrogens (primary N) is 1. The fraction of sp³-hybridized carbons (Fsp3) is 0. The zero-order valence-corrected chi connectivity index (χ0v) is 8.30. The van der Waals surface area contributed by atoms with Gasteiger partial charge in [0.15, 0.2) is 0 Å². The van der Waals surface area contributed by atoms with Gasteiger partial charge in [-0.3, -0.25) is 0 Å². The Kier molecular flexibility index (Phi) is 1.71. The molecule has 0 bridgehead atoms. The minimum Gasteiger partial charge on any atom is -0.399 e. The van der Waals surface area contributed by atoms with Crippen molar-refractivity contribution in [3.05, 3.63) is 54.1 Å². The predicted octanol–water partition coefficient (Wildman–Crippen LogP) is 2.26. The topological polar surface area (TPSA) is 29.3 Å². The zero-order chi connectivity index (χ0) is 10.3. The SMILES string of the molecule is Nc1ccc2c(c1)N1C=CC=CB1C=C2. The van der Waals surface area contributed by atoms with Gasteiger partial charge in [0, 0.05) is 11.4 Å². The van der Waals surface area contributed by atoms with E-state index >= 15 is 0 Å². The number of fused-ring (bicyclic) bond motifs is 3. The number of allylic oxidation sites excluding steroid dienone is 2. The summed E-state index contributed by atoms with van der Waals surface area (Å²) in [6.07, 6.45) is 8.36. The summed E-state index contributed by atoms with van der Waals surface area (Å²) in [5.41, 5.74) is 9.03. The van der Waals surface area contributed by atoms with E-state index in [-0.39, 0.29) is 0 Å². The van der Waals surface area contributed by atoms with Gasteiger partial charge in [0.05, 0.1) is 0 Å². The average Bonchev–Trinajstić information content (AvgIpc) is 2.29. The second-order valence-electron chi connectivity index (χ2n) is 3.80. The van der Waals surface area contributed by atoms with Gasteiger partial charge in [0.25, 0.3) is 0 Å². The van der Waals surface area contributed by atoms with Crippen molar-refractivity contribution in [3.8, 4) is 0 Å². The lowest BCUT2D eigenvalue weighted by molar-refractivity contribution is 1.36. The van der Waals surface area contributed by atoms with Crippen molar-refractivity contribution in [2.75, 3.05) is 10.5 Å². The van der Waals surface area contributed by atoms with E-state index in [1.165, 1.54) is 11.3 Å². The van der Waals surface area contributed by atoms with Crippen molar-refractivity contribution in [3.63, 3.8) is 0 Å². The summed E-state index contributed by atoms with van der Waals surface area (Å²) in [7, 11) is 0. The summed E-state index contributed by atoms with van der Waals surface area (Å²) in [4.78, 5) is 2.23. The van der Waals surface area contributed by atoms with Crippen molar-refractivity contribution in [2.45, 2.75) is 0 Å². The molecule has 2 aliphatic rings. The summed E-state index contributed by atoms with van der Waals surface area (Å²) in [6, 6.07) is 6.02. The van der Waals surface area contributed by atoms with E-state index in [9.17, 15) is 0 Å². The molecule has 0 spiro atoms. The highest BCUT2D eigenvalue weighted by atomic mass is 15.1. The van der Waals surface area contributed by atoms with Crippen LogP contribution in [0.3, 0.4) is 0 Å². The van der Waals surface area contributed by atoms with Crippen LogP contribution in [0.4, 0.5) is 11.4 Å². The van der Waals surface area contributed by atoms with Gasteiger partial charge in [-0.05, 0) is 30.0 Å². The molecule has 0 aliphatic carbocycles.